The van der Waals surface area contributed by atoms with Crippen molar-refractivity contribution >= 4 is 30.3 Å². The SMILES string of the molecule is C.COc1cc(Cc2c[nH]c3ncccc23)c(F)cc1OCc1ccncc1.COc1cc(Cc2cn([Si](C(C)C)(C(C)C)C(C)C)c3ncccc23)c(F)cc1O.OCc1ccncc1. The van der Waals surface area contributed by atoms with E-state index in [0.29, 0.717) is 58.7 Å². The maximum atomic E-state index is 14.7. The molecule has 66 heavy (non-hydrogen) atoms. The van der Waals surface area contributed by atoms with Crippen LogP contribution < -0.4 is 14.2 Å². The van der Waals surface area contributed by atoms with E-state index < -0.39 is 14.1 Å². The Morgan fingerprint density at radius 2 is 1.20 bits per heavy atom. The number of aromatic hydroxyl groups is 1. The lowest BCUT2D eigenvalue weighted by Gasteiger charge is -2.44. The fraction of sp³-hybridized carbons (Fsp3) is 0.308. The zero-order valence-corrected chi connectivity index (χ0v) is 39.2. The summed E-state index contributed by atoms with van der Waals surface area (Å²) in [6, 6.07) is 20.9. The number of nitrogens with one attached hydrogen (secondary N) is 1. The van der Waals surface area contributed by atoms with E-state index in [2.05, 4.69) is 78.0 Å². The topological polar surface area (TPSA) is 140 Å². The number of fused-ring (bicyclic) bond motifs is 2. The summed E-state index contributed by atoms with van der Waals surface area (Å²) in [5, 5.41) is 20.4. The highest BCUT2D eigenvalue weighted by Gasteiger charge is 2.46. The fourth-order valence-electron chi connectivity index (χ4n) is 8.96. The van der Waals surface area contributed by atoms with E-state index in [4.69, 9.17) is 24.3 Å². The second kappa shape index (κ2) is 23.0. The number of hydrogen-bond acceptors (Lipinski definition) is 9. The zero-order valence-electron chi connectivity index (χ0n) is 38.2. The molecule has 0 amide bonds. The summed E-state index contributed by atoms with van der Waals surface area (Å²) in [5.74, 6) is 0.198. The lowest BCUT2D eigenvalue weighted by molar-refractivity contribution is 0.281. The maximum Gasteiger partial charge on any atom is 0.171 e. The number of nitrogens with zero attached hydrogens (tertiary/aromatic N) is 5. The first-order valence-corrected chi connectivity index (χ1v) is 23.8. The number of halogens is 2. The van der Waals surface area contributed by atoms with Crippen LogP contribution in [0, 0.1) is 11.6 Å². The van der Waals surface area contributed by atoms with Gasteiger partial charge in [-0.05, 0) is 111 Å². The van der Waals surface area contributed by atoms with Crippen LogP contribution in [0.2, 0.25) is 16.6 Å². The highest BCUT2D eigenvalue weighted by Crippen LogP contribution is 2.45. The Morgan fingerprint density at radius 1 is 0.652 bits per heavy atom. The molecule has 0 aliphatic carbocycles. The van der Waals surface area contributed by atoms with Crippen LogP contribution in [0.3, 0.4) is 0 Å². The van der Waals surface area contributed by atoms with Crippen LogP contribution in [0.25, 0.3) is 22.1 Å². The molecule has 0 saturated carbocycles. The summed E-state index contributed by atoms with van der Waals surface area (Å²) in [5.41, 5.74) is 8.25. The number of pyridine rings is 4. The Kier molecular flexibility index (Phi) is 17.6. The lowest BCUT2D eigenvalue weighted by Crippen LogP contribution is -2.51. The van der Waals surface area contributed by atoms with Gasteiger partial charge in [-0.25, -0.2) is 18.7 Å². The molecule has 8 aromatic rings. The first-order valence-electron chi connectivity index (χ1n) is 21.6. The Labute approximate surface area is 387 Å². The monoisotopic (exact) mass is 916 g/mol. The van der Waals surface area contributed by atoms with Gasteiger partial charge >= 0.3 is 0 Å². The molecule has 0 bridgehead atoms. The maximum absolute atomic E-state index is 14.7. The number of phenols is 1. The highest BCUT2D eigenvalue weighted by atomic mass is 28.3. The molecular weight excluding hydrogens is 855 g/mol. The predicted molar refractivity (Wildman–Crippen MR) is 261 cm³/mol. The van der Waals surface area contributed by atoms with Gasteiger partial charge in [-0.3, -0.25) is 9.97 Å². The molecule has 0 atom stereocenters. The summed E-state index contributed by atoms with van der Waals surface area (Å²) >= 11 is 0. The summed E-state index contributed by atoms with van der Waals surface area (Å²) in [7, 11) is 1.01. The molecule has 6 aromatic heterocycles. The van der Waals surface area contributed by atoms with Crippen LogP contribution in [0.15, 0.2) is 122 Å². The second-order valence-corrected chi connectivity index (χ2v) is 22.4. The van der Waals surface area contributed by atoms with Gasteiger partial charge in [0.15, 0.2) is 31.2 Å². The van der Waals surface area contributed by atoms with E-state index in [1.165, 1.54) is 13.2 Å². The molecule has 0 radical (unpaired) electrons. The van der Waals surface area contributed by atoms with Gasteiger partial charge in [-0.2, -0.15) is 0 Å². The van der Waals surface area contributed by atoms with Gasteiger partial charge in [0.25, 0.3) is 0 Å². The van der Waals surface area contributed by atoms with Crippen molar-refractivity contribution in [2.75, 3.05) is 14.2 Å². The third-order valence-electron chi connectivity index (χ3n) is 11.9. The van der Waals surface area contributed by atoms with Gasteiger partial charge in [0.05, 0.1) is 20.8 Å². The standard InChI is InChI=1S/C24H33FN2O2Si.C21H18FN3O2.C6H7NO.CH4/c1-15(2)30(16(3)4,17(5)6)27-14-19(20-9-8-10-26-24(20)27)11-18-12-23(29-7)22(28)13-21(18)25;1-26-19-10-15(9-16-12-25-21-17(16)3-2-6-24-21)18(22)11-20(19)27-13-14-4-7-23-8-5-14;8-5-6-1-3-7-4-2-6;/h8-10,12-17,28H,11H2,1-7H3;2-8,10-12H,9,13H2,1H3,(H,24,25);1-4,8H,5H2;1H4. The largest absolute Gasteiger partial charge is 0.504 e. The molecular formula is C52H62F2N6O5Si. The number of ether oxygens (including phenoxy) is 3. The van der Waals surface area contributed by atoms with E-state index in [1.807, 2.05) is 42.7 Å². The molecule has 2 aromatic carbocycles. The number of aromatic amines is 1. The van der Waals surface area contributed by atoms with Crippen molar-refractivity contribution in [1.29, 1.82) is 0 Å². The normalized spacial score (nSPS) is 11.2. The summed E-state index contributed by atoms with van der Waals surface area (Å²) < 4.78 is 48.2. The molecule has 0 fully saturated rings. The molecule has 0 aliphatic rings. The molecule has 14 heteroatoms. The molecule has 11 nitrogen and oxygen atoms in total. The first kappa shape index (κ1) is 50.4. The minimum atomic E-state index is -2.01. The molecule has 8 rings (SSSR count). The summed E-state index contributed by atoms with van der Waals surface area (Å²) in [4.78, 5) is 19.9. The van der Waals surface area contributed by atoms with Crippen molar-refractivity contribution in [2.45, 2.75) is 91.6 Å². The van der Waals surface area contributed by atoms with Crippen molar-refractivity contribution in [3.63, 3.8) is 0 Å². The smallest absolute Gasteiger partial charge is 0.171 e. The number of aromatic nitrogens is 6. The summed E-state index contributed by atoms with van der Waals surface area (Å²) in [6.07, 6.45) is 15.2. The van der Waals surface area contributed by atoms with E-state index in [0.717, 1.165) is 50.4 Å². The molecule has 0 saturated heterocycles. The van der Waals surface area contributed by atoms with Gasteiger partial charge < -0.3 is 33.6 Å². The van der Waals surface area contributed by atoms with E-state index in [-0.39, 0.29) is 31.3 Å². The molecule has 6 heterocycles. The number of methoxy groups -OCH3 is 2. The van der Waals surface area contributed by atoms with Crippen molar-refractivity contribution in [3.05, 3.63) is 167 Å². The van der Waals surface area contributed by atoms with Crippen LogP contribution in [-0.2, 0) is 26.1 Å². The van der Waals surface area contributed by atoms with Gasteiger partial charge in [-0.1, -0.05) is 49.0 Å². The van der Waals surface area contributed by atoms with Crippen LogP contribution in [0.5, 0.6) is 23.0 Å². The number of aliphatic hydroxyl groups is 1. The Hall–Kier alpha value is -6.64. The third kappa shape index (κ3) is 11.2. The van der Waals surface area contributed by atoms with E-state index >= 15 is 0 Å². The Morgan fingerprint density at radius 3 is 1.77 bits per heavy atom. The Bertz CT molecular complexity index is 2760. The second-order valence-electron chi connectivity index (χ2n) is 16.7. The first-order chi connectivity index (χ1) is 31.3. The average Bonchev–Trinajstić information content (AvgIpc) is 3.89. The van der Waals surface area contributed by atoms with Crippen molar-refractivity contribution in [3.8, 4) is 23.0 Å². The van der Waals surface area contributed by atoms with Gasteiger partial charge in [0.1, 0.15) is 29.5 Å². The van der Waals surface area contributed by atoms with Crippen LogP contribution in [-0.4, -0.2) is 61.8 Å². The molecule has 0 spiro atoms. The number of rotatable bonds is 14. The van der Waals surface area contributed by atoms with Gasteiger partial charge in [0, 0.05) is 85.3 Å². The fourth-order valence-corrected chi connectivity index (χ4v) is 15.6. The minimum Gasteiger partial charge on any atom is -0.504 e. The van der Waals surface area contributed by atoms with E-state index in [1.54, 1.807) is 62.4 Å². The Balaban J connectivity index is 0.000000210. The minimum absolute atomic E-state index is 0. The van der Waals surface area contributed by atoms with Gasteiger partial charge in [0.2, 0.25) is 0 Å². The van der Waals surface area contributed by atoms with Crippen molar-refractivity contribution in [1.82, 2.24) is 29.2 Å². The average molecular weight is 917 g/mol. The van der Waals surface area contributed by atoms with Crippen LogP contribution >= 0.6 is 0 Å². The number of phenolic OH excluding ortho intramolecular Hbond substituents is 1. The number of aliphatic hydroxyl groups excluding tert-OH is 1. The number of H-pyrrole nitrogens is 1. The summed E-state index contributed by atoms with van der Waals surface area (Å²) in [6.45, 7) is 14.4. The lowest BCUT2D eigenvalue weighted by atomic mass is 10.0. The van der Waals surface area contributed by atoms with Crippen molar-refractivity contribution in [2.24, 2.45) is 0 Å². The number of hydrogen-bond donors (Lipinski definition) is 3. The highest BCUT2D eigenvalue weighted by molar-refractivity contribution is 6.82. The van der Waals surface area contributed by atoms with E-state index in [9.17, 15) is 13.9 Å². The molecule has 0 unspecified atom stereocenters. The molecule has 0 aliphatic heterocycles. The van der Waals surface area contributed by atoms with Crippen LogP contribution in [0.1, 0.15) is 82.3 Å². The third-order valence-corrected chi connectivity index (χ3v) is 18.6. The zero-order chi connectivity index (χ0) is 46.7. The van der Waals surface area contributed by atoms with Crippen LogP contribution in [0.4, 0.5) is 8.78 Å². The predicted octanol–water partition coefficient (Wildman–Crippen LogP) is 12.0. The molecule has 348 valence electrons. The quantitative estimate of drug-likeness (QED) is 0.0909. The van der Waals surface area contributed by atoms with Gasteiger partial charge in [-0.15, -0.1) is 0 Å². The number of benzene rings is 2. The van der Waals surface area contributed by atoms with Crippen molar-refractivity contribution < 1.29 is 33.2 Å². The molecule has 3 N–H and O–H groups in total.